The Morgan fingerprint density at radius 2 is 1.86 bits per heavy atom. The van der Waals surface area contributed by atoms with Crippen LogP contribution in [0.15, 0.2) is 36.7 Å². The molecule has 148 valence electrons. The molecule has 0 aliphatic heterocycles. The predicted octanol–water partition coefficient (Wildman–Crippen LogP) is 4.04. The van der Waals surface area contributed by atoms with Gasteiger partial charge in [-0.2, -0.15) is 0 Å². The van der Waals surface area contributed by atoms with Crippen LogP contribution in [-0.2, 0) is 4.74 Å². The van der Waals surface area contributed by atoms with Gasteiger partial charge in [0.1, 0.15) is 17.8 Å². The third kappa shape index (κ3) is 5.28. The van der Waals surface area contributed by atoms with E-state index in [9.17, 15) is 9.59 Å². The van der Waals surface area contributed by atoms with Crippen LogP contribution in [0.25, 0.3) is 0 Å². The summed E-state index contributed by atoms with van der Waals surface area (Å²) < 4.78 is 5.04. The van der Waals surface area contributed by atoms with E-state index in [2.05, 4.69) is 20.6 Å². The highest BCUT2D eigenvalue weighted by Gasteiger charge is 2.17. The Morgan fingerprint density at radius 3 is 2.61 bits per heavy atom. The molecule has 7 heteroatoms. The number of aromatic nitrogens is 2. The van der Waals surface area contributed by atoms with Crippen LogP contribution in [0.1, 0.15) is 66.3 Å². The Bertz CT molecular complexity index is 817. The first-order valence-corrected chi connectivity index (χ1v) is 9.83. The standard InChI is InChI=1S/C21H26N4O3/c1-2-28-21(27)16-11-7-8-12-17(16)25-20(26)18-13-19(23-14-22-18)24-15-9-5-3-4-6-10-15/h7-8,11-15H,2-6,9-10H2,1H3,(H,25,26)(H,22,23,24). The number of benzene rings is 1. The maximum Gasteiger partial charge on any atom is 0.340 e. The molecule has 2 N–H and O–H groups in total. The van der Waals surface area contributed by atoms with Gasteiger partial charge in [0.05, 0.1) is 17.9 Å². The number of hydrogen-bond donors (Lipinski definition) is 2. The van der Waals surface area contributed by atoms with Crippen molar-refractivity contribution in [3.05, 3.63) is 47.9 Å². The van der Waals surface area contributed by atoms with Crippen molar-refractivity contribution in [3.8, 4) is 0 Å². The van der Waals surface area contributed by atoms with Gasteiger partial charge in [0.25, 0.3) is 5.91 Å². The lowest BCUT2D eigenvalue weighted by Crippen LogP contribution is -2.21. The molecule has 1 aliphatic rings. The smallest absolute Gasteiger partial charge is 0.340 e. The van der Waals surface area contributed by atoms with E-state index in [0.29, 0.717) is 23.1 Å². The van der Waals surface area contributed by atoms with Gasteiger partial charge in [-0.05, 0) is 31.9 Å². The molecule has 2 aromatic rings. The number of carbonyl (C=O) groups is 2. The molecular formula is C21H26N4O3. The zero-order valence-electron chi connectivity index (χ0n) is 16.1. The number of hydrogen-bond acceptors (Lipinski definition) is 6. The van der Waals surface area contributed by atoms with Crippen LogP contribution in [0.5, 0.6) is 0 Å². The van der Waals surface area contributed by atoms with Crippen molar-refractivity contribution in [2.75, 3.05) is 17.2 Å². The molecule has 7 nitrogen and oxygen atoms in total. The Morgan fingerprint density at radius 1 is 1.11 bits per heavy atom. The van der Waals surface area contributed by atoms with E-state index in [0.717, 1.165) is 12.8 Å². The quantitative estimate of drug-likeness (QED) is 0.578. The van der Waals surface area contributed by atoms with Crippen molar-refractivity contribution >= 4 is 23.4 Å². The monoisotopic (exact) mass is 382 g/mol. The molecule has 3 rings (SSSR count). The molecule has 1 heterocycles. The Kier molecular flexibility index (Phi) is 6.94. The fourth-order valence-electron chi connectivity index (χ4n) is 3.36. The largest absolute Gasteiger partial charge is 0.462 e. The van der Waals surface area contributed by atoms with E-state index in [1.807, 2.05) is 0 Å². The summed E-state index contributed by atoms with van der Waals surface area (Å²) in [5.41, 5.74) is 0.941. The second kappa shape index (κ2) is 9.82. The first-order chi connectivity index (χ1) is 13.7. The molecule has 1 aromatic carbocycles. The summed E-state index contributed by atoms with van der Waals surface area (Å²) >= 11 is 0. The van der Waals surface area contributed by atoms with Crippen LogP contribution in [0.4, 0.5) is 11.5 Å². The van der Waals surface area contributed by atoms with Crippen LogP contribution in [-0.4, -0.2) is 34.5 Å². The molecule has 1 aliphatic carbocycles. The zero-order chi connectivity index (χ0) is 19.8. The van der Waals surface area contributed by atoms with Gasteiger partial charge in [0.15, 0.2) is 0 Å². The summed E-state index contributed by atoms with van der Waals surface area (Å²) in [5.74, 6) is -0.231. The highest BCUT2D eigenvalue weighted by Crippen LogP contribution is 2.21. The maximum atomic E-state index is 12.7. The topological polar surface area (TPSA) is 93.2 Å². The normalized spacial score (nSPS) is 14.8. The number of para-hydroxylation sites is 1. The zero-order valence-corrected chi connectivity index (χ0v) is 16.1. The van der Waals surface area contributed by atoms with Crippen LogP contribution in [0.3, 0.4) is 0 Å². The molecule has 0 unspecified atom stereocenters. The van der Waals surface area contributed by atoms with Gasteiger partial charge in [-0.3, -0.25) is 4.79 Å². The van der Waals surface area contributed by atoms with Crippen molar-refractivity contribution in [3.63, 3.8) is 0 Å². The minimum atomic E-state index is -0.475. The van der Waals surface area contributed by atoms with Crippen molar-refractivity contribution in [2.45, 2.75) is 51.5 Å². The number of ether oxygens (including phenoxy) is 1. The maximum absolute atomic E-state index is 12.7. The number of rotatable bonds is 6. The van der Waals surface area contributed by atoms with E-state index in [4.69, 9.17) is 4.74 Å². The van der Waals surface area contributed by atoms with Crippen molar-refractivity contribution < 1.29 is 14.3 Å². The Labute approximate surface area is 164 Å². The second-order valence-corrected chi connectivity index (χ2v) is 6.84. The Hall–Kier alpha value is -2.96. The number of nitrogens with one attached hydrogen (secondary N) is 2. The van der Waals surface area contributed by atoms with Crippen molar-refractivity contribution in [2.24, 2.45) is 0 Å². The highest BCUT2D eigenvalue weighted by atomic mass is 16.5. The molecule has 0 saturated heterocycles. The molecule has 0 radical (unpaired) electrons. The highest BCUT2D eigenvalue weighted by molar-refractivity contribution is 6.07. The molecule has 0 bridgehead atoms. The van der Waals surface area contributed by atoms with E-state index in [-0.39, 0.29) is 12.3 Å². The minimum absolute atomic E-state index is 0.241. The third-order valence-electron chi connectivity index (χ3n) is 4.78. The lowest BCUT2D eigenvalue weighted by Gasteiger charge is -2.17. The molecule has 0 spiro atoms. The summed E-state index contributed by atoms with van der Waals surface area (Å²) in [4.78, 5) is 33.1. The molecule has 0 atom stereocenters. The molecule has 28 heavy (non-hydrogen) atoms. The summed E-state index contributed by atoms with van der Waals surface area (Å²) in [7, 11) is 0. The van der Waals surface area contributed by atoms with Gasteiger partial charge < -0.3 is 15.4 Å². The van der Waals surface area contributed by atoms with Gasteiger partial charge in [0, 0.05) is 12.1 Å². The summed E-state index contributed by atoms with van der Waals surface area (Å²) in [6, 6.07) is 8.77. The molecule has 1 saturated carbocycles. The fourth-order valence-corrected chi connectivity index (χ4v) is 3.36. The van der Waals surface area contributed by atoms with Crippen LogP contribution in [0, 0.1) is 0 Å². The van der Waals surface area contributed by atoms with Crippen LogP contribution in [0.2, 0.25) is 0 Å². The molecule has 1 amide bonds. The molecular weight excluding hydrogens is 356 g/mol. The Balaban J connectivity index is 1.71. The first kappa shape index (κ1) is 19.8. The number of carbonyl (C=O) groups excluding carboxylic acids is 2. The number of nitrogens with zero attached hydrogens (tertiary/aromatic N) is 2. The van der Waals surface area contributed by atoms with Gasteiger partial charge in [-0.25, -0.2) is 14.8 Å². The lowest BCUT2D eigenvalue weighted by atomic mass is 10.1. The van der Waals surface area contributed by atoms with Crippen molar-refractivity contribution in [1.82, 2.24) is 9.97 Å². The average Bonchev–Trinajstić information content (AvgIpc) is 2.97. The second-order valence-electron chi connectivity index (χ2n) is 6.84. The SMILES string of the molecule is CCOC(=O)c1ccccc1NC(=O)c1cc(NC2CCCCCC2)ncn1. The van der Waals surface area contributed by atoms with Gasteiger partial charge in [-0.1, -0.05) is 37.8 Å². The minimum Gasteiger partial charge on any atom is -0.462 e. The lowest BCUT2D eigenvalue weighted by molar-refractivity contribution is 0.0527. The number of anilines is 2. The van der Waals surface area contributed by atoms with Crippen molar-refractivity contribution in [1.29, 1.82) is 0 Å². The fraction of sp³-hybridized carbons (Fsp3) is 0.429. The molecule has 1 aromatic heterocycles. The van der Waals surface area contributed by atoms with E-state index >= 15 is 0 Å². The summed E-state index contributed by atoms with van der Waals surface area (Å²) in [6.07, 6.45) is 8.56. The summed E-state index contributed by atoms with van der Waals surface area (Å²) in [6.45, 7) is 2.01. The number of esters is 1. The van der Waals surface area contributed by atoms with Gasteiger partial charge in [-0.15, -0.1) is 0 Å². The van der Waals surface area contributed by atoms with E-state index in [1.165, 1.54) is 32.0 Å². The predicted molar refractivity (Wildman–Crippen MR) is 107 cm³/mol. The van der Waals surface area contributed by atoms with Gasteiger partial charge >= 0.3 is 5.97 Å². The first-order valence-electron chi connectivity index (χ1n) is 9.83. The van der Waals surface area contributed by atoms with Crippen LogP contribution < -0.4 is 10.6 Å². The van der Waals surface area contributed by atoms with E-state index in [1.54, 1.807) is 37.3 Å². The average molecular weight is 382 g/mol. The number of amides is 1. The van der Waals surface area contributed by atoms with Crippen LogP contribution >= 0.6 is 0 Å². The summed E-state index contributed by atoms with van der Waals surface area (Å²) in [5, 5.41) is 6.17. The van der Waals surface area contributed by atoms with E-state index < -0.39 is 11.9 Å². The molecule has 1 fully saturated rings. The van der Waals surface area contributed by atoms with Gasteiger partial charge in [0.2, 0.25) is 0 Å². The third-order valence-corrected chi connectivity index (χ3v) is 4.78.